The number of pyridine rings is 1. The number of aromatic nitrogens is 1. The highest BCUT2D eigenvalue weighted by atomic mass is 35.5. The molecule has 2 heterocycles. The van der Waals surface area contributed by atoms with Crippen LogP contribution in [0.1, 0.15) is 12.0 Å². The molecule has 0 spiro atoms. The molecule has 0 radical (unpaired) electrons. The summed E-state index contributed by atoms with van der Waals surface area (Å²) >= 11 is 6.00. The predicted octanol–water partition coefficient (Wildman–Crippen LogP) is 4.07. The fourth-order valence-corrected chi connectivity index (χ4v) is 2.50. The number of hydrogen-bond acceptors (Lipinski definition) is 4. The van der Waals surface area contributed by atoms with Gasteiger partial charge in [0.25, 0.3) is 0 Å². The number of nitrogens with one attached hydrogen (secondary N) is 2. The molecule has 22 heavy (non-hydrogen) atoms. The maximum atomic E-state index is 6.00. The first-order valence-corrected chi connectivity index (χ1v) is 7.71. The smallest absolute Gasteiger partial charge is 0.0947 e. The first-order valence-electron chi connectivity index (χ1n) is 7.33. The first kappa shape index (κ1) is 14.9. The largest absolute Gasteiger partial charge is 0.472 e. The molecule has 4 nitrogen and oxygen atoms in total. The van der Waals surface area contributed by atoms with E-state index in [2.05, 4.69) is 15.6 Å². The molecule has 2 N–H and O–H groups in total. The van der Waals surface area contributed by atoms with E-state index < -0.39 is 0 Å². The second-order valence-electron chi connectivity index (χ2n) is 5.11. The van der Waals surface area contributed by atoms with Crippen molar-refractivity contribution in [3.05, 3.63) is 59.6 Å². The van der Waals surface area contributed by atoms with E-state index in [4.69, 9.17) is 16.0 Å². The van der Waals surface area contributed by atoms with Gasteiger partial charge in [0.1, 0.15) is 0 Å². The Kier molecular flexibility index (Phi) is 4.93. The maximum Gasteiger partial charge on any atom is 0.0947 e. The zero-order valence-electron chi connectivity index (χ0n) is 12.2. The molecule has 114 valence electrons. The van der Waals surface area contributed by atoms with Crippen molar-refractivity contribution >= 4 is 28.2 Å². The van der Waals surface area contributed by atoms with Crippen LogP contribution in [0.3, 0.4) is 0 Å². The van der Waals surface area contributed by atoms with Gasteiger partial charge in [-0.25, -0.2) is 0 Å². The van der Waals surface area contributed by atoms with Gasteiger partial charge in [-0.15, -0.1) is 0 Å². The van der Waals surface area contributed by atoms with Crippen molar-refractivity contribution in [2.24, 2.45) is 0 Å². The third-order valence-electron chi connectivity index (χ3n) is 3.46. The maximum absolute atomic E-state index is 6.00. The van der Waals surface area contributed by atoms with Crippen molar-refractivity contribution < 1.29 is 4.42 Å². The van der Waals surface area contributed by atoms with Crippen LogP contribution in [0.2, 0.25) is 5.02 Å². The summed E-state index contributed by atoms with van der Waals surface area (Å²) in [5.41, 5.74) is 3.18. The number of hydrogen-bond donors (Lipinski definition) is 2. The second-order valence-corrected chi connectivity index (χ2v) is 5.55. The number of halogens is 1. The third-order valence-corrected chi connectivity index (χ3v) is 3.69. The van der Waals surface area contributed by atoms with Crippen LogP contribution in [0.5, 0.6) is 0 Å². The van der Waals surface area contributed by atoms with Crippen LogP contribution in [0.25, 0.3) is 10.9 Å². The van der Waals surface area contributed by atoms with Gasteiger partial charge in [-0.3, -0.25) is 4.98 Å². The van der Waals surface area contributed by atoms with Crippen LogP contribution < -0.4 is 10.6 Å². The number of fused-ring (bicyclic) bond motifs is 1. The summed E-state index contributed by atoms with van der Waals surface area (Å²) in [4.78, 5) is 4.34. The van der Waals surface area contributed by atoms with E-state index in [0.29, 0.717) is 5.02 Å². The SMILES string of the molecule is Clc1ccc2c(NCCCNCc3ccoc3)ccnc2c1. The van der Waals surface area contributed by atoms with Gasteiger partial charge in [-0.1, -0.05) is 11.6 Å². The first-order chi connectivity index (χ1) is 10.8. The lowest BCUT2D eigenvalue weighted by atomic mass is 10.2. The minimum absolute atomic E-state index is 0.709. The molecule has 0 amide bonds. The molecule has 0 aliphatic rings. The summed E-state index contributed by atoms with van der Waals surface area (Å²) in [6.45, 7) is 2.69. The molecular formula is C17H18ClN3O. The summed E-state index contributed by atoms with van der Waals surface area (Å²) in [6, 6.07) is 9.75. The Morgan fingerprint density at radius 2 is 2.09 bits per heavy atom. The Morgan fingerprint density at radius 3 is 2.95 bits per heavy atom. The summed E-state index contributed by atoms with van der Waals surface area (Å²) in [7, 11) is 0. The van der Waals surface area contributed by atoms with Crippen molar-refractivity contribution in [2.75, 3.05) is 18.4 Å². The van der Waals surface area contributed by atoms with Crippen molar-refractivity contribution in [3.8, 4) is 0 Å². The van der Waals surface area contributed by atoms with Gasteiger partial charge < -0.3 is 15.1 Å². The zero-order chi connectivity index (χ0) is 15.2. The molecular weight excluding hydrogens is 298 g/mol. The lowest BCUT2D eigenvalue weighted by Crippen LogP contribution is -2.17. The molecule has 0 saturated heterocycles. The van der Waals surface area contributed by atoms with E-state index in [1.54, 1.807) is 18.7 Å². The molecule has 0 fully saturated rings. The number of anilines is 1. The van der Waals surface area contributed by atoms with E-state index in [1.807, 2.05) is 30.3 Å². The molecule has 3 aromatic rings. The zero-order valence-corrected chi connectivity index (χ0v) is 12.9. The predicted molar refractivity (Wildman–Crippen MR) is 90.3 cm³/mol. The monoisotopic (exact) mass is 315 g/mol. The highest BCUT2D eigenvalue weighted by Crippen LogP contribution is 2.24. The van der Waals surface area contributed by atoms with E-state index in [0.717, 1.165) is 42.6 Å². The van der Waals surface area contributed by atoms with Gasteiger partial charge in [0.15, 0.2) is 0 Å². The van der Waals surface area contributed by atoms with E-state index in [9.17, 15) is 0 Å². The highest BCUT2D eigenvalue weighted by Gasteiger charge is 2.02. The third kappa shape index (κ3) is 3.78. The molecule has 0 unspecified atom stereocenters. The average molecular weight is 316 g/mol. The topological polar surface area (TPSA) is 50.1 Å². The Balaban J connectivity index is 1.47. The standard InChI is InChI=1S/C17H18ClN3O/c18-14-2-3-15-16(4-8-21-17(15)10-14)20-7-1-6-19-11-13-5-9-22-12-13/h2-5,8-10,12,19H,1,6-7,11H2,(H,20,21). The van der Waals surface area contributed by atoms with Crippen molar-refractivity contribution in [2.45, 2.75) is 13.0 Å². The van der Waals surface area contributed by atoms with Crippen molar-refractivity contribution in [1.29, 1.82) is 0 Å². The van der Waals surface area contributed by atoms with Crippen LogP contribution in [0.15, 0.2) is 53.5 Å². The van der Waals surface area contributed by atoms with Crippen molar-refractivity contribution in [1.82, 2.24) is 10.3 Å². The Hall–Kier alpha value is -2.04. The molecule has 0 bridgehead atoms. The molecule has 0 aliphatic carbocycles. The van der Waals surface area contributed by atoms with Gasteiger partial charge in [-0.05, 0) is 43.3 Å². The number of rotatable bonds is 7. The van der Waals surface area contributed by atoms with E-state index in [-0.39, 0.29) is 0 Å². The molecule has 1 aromatic carbocycles. The molecule has 3 rings (SSSR count). The normalized spacial score (nSPS) is 11.0. The summed E-state index contributed by atoms with van der Waals surface area (Å²) in [5, 5.41) is 8.65. The second kappa shape index (κ2) is 7.29. The number of benzene rings is 1. The number of furan rings is 1. The van der Waals surface area contributed by atoms with Gasteiger partial charge in [-0.2, -0.15) is 0 Å². The minimum Gasteiger partial charge on any atom is -0.472 e. The molecule has 0 saturated carbocycles. The summed E-state index contributed by atoms with van der Waals surface area (Å²) in [5.74, 6) is 0. The van der Waals surface area contributed by atoms with Gasteiger partial charge >= 0.3 is 0 Å². The van der Waals surface area contributed by atoms with Crippen LogP contribution in [-0.2, 0) is 6.54 Å². The lowest BCUT2D eigenvalue weighted by molar-refractivity contribution is 0.560. The Morgan fingerprint density at radius 1 is 1.14 bits per heavy atom. The molecule has 0 atom stereocenters. The molecule has 0 aliphatic heterocycles. The average Bonchev–Trinajstić information content (AvgIpc) is 3.03. The van der Waals surface area contributed by atoms with Crippen LogP contribution in [-0.4, -0.2) is 18.1 Å². The van der Waals surface area contributed by atoms with E-state index in [1.165, 1.54) is 5.56 Å². The van der Waals surface area contributed by atoms with Crippen LogP contribution >= 0.6 is 11.6 Å². The fraction of sp³-hybridized carbons (Fsp3) is 0.235. The minimum atomic E-state index is 0.709. The van der Waals surface area contributed by atoms with Crippen molar-refractivity contribution in [3.63, 3.8) is 0 Å². The van der Waals surface area contributed by atoms with Crippen LogP contribution in [0.4, 0.5) is 5.69 Å². The van der Waals surface area contributed by atoms with Gasteiger partial charge in [0.2, 0.25) is 0 Å². The van der Waals surface area contributed by atoms with Crippen LogP contribution in [0, 0.1) is 0 Å². The number of nitrogens with zero attached hydrogens (tertiary/aromatic N) is 1. The summed E-state index contributed by atoms with van der Waals surface area (Å²) in [6.07, 6.45) is 6.30. The molecule has 5 heteroatoms. The van der Waals surface area contributed by atoms with Gasteiger partial charge in [0.05, 0.1) is 18.0 Å². The fourth-order valence-electron chi connectivity index (χ4n) is 2.34. The van der Waals surface area contributed by atoms with Gasteiger partial charge in [0, 0.05) is 40.9 Å². The summed E-state index contributed by atoms with van der Waals surface area (Å²) < 4.78 is 5.03. The quantitative estimate of drug-likeness (QED) is 0.645. The molecule has 2 aromatic heterocycles. The Bertz CT molecular complexity index is 728. The van der Waals surface area contributed by atoms with E-state index >= 15 is 0 Å². The highest BCUT2D eigenvalue weighted by molar-refractivity contribution is 6.31. The Labute approximate surface area is 134 Å². The lowest BCUT2D eigenvalue weighted by Gasteiger charge is -2.10.